The molecule has 0 heterocycles. The molecule has 2 aromatic carbocycles. The molecule has 1 aliphatic carbocycles. The van der Waals surface area contributed by atoms with Crippen molar-refractivity contribution in [2.24, 2.45) is 0 Å². The molecule has 116 valence electrons. The summed E-state index contributed by atoms with van der Waals surface area (Å²) in [7, 11) is 1.85. The highest BCUT2D eigenvalue weighted by molar-refractivity contribution is 5.17. The number of rotatable bonds is 8. The molecule has 2 aromatic rings. The fourth-order valence-electron chi connectivity index (χ4n) is 2.95. The van der Waals surface area contributed by atoms with E-state index in [0.29, 0.717) is 0 Å². The summed E-state index contributed by atoms with van der Waals surface area (Å²) in [6, 6.07) is 21.5. The molecule has 22 heavy (non-hydrogen) atoms. The van der Waals surface area contributed by atoms with Gasteiger partial charge in [0, 0.05) is 26.7 Å². The molecule has 0 aromatic heterocycles. The Kier molecular flexibility index (Phi) is 4.91. The summed E-state index contributed by atoms with van der Waals surface area (Å²) in [5.74, 6) is 0. The van der Waals surface area contributed by atoms with Crippen molar-refractivity contribution in [3.05, 3.63) is 71.8 Å². The van der Waals surface area contributed by atoms with Crippen molar-refractivity contribution in [2.75, 3.05) is 13.7 Å². The topological polar surface area (TPSA) is 12.5 Å². The van der Waals surface area contributed by atoms with Gasteiger partial charge in [-0.2, -0.15) is 0 Å². The van der Waals surface area contributed by atoms with Crippen molar-refractivity contribution in [2.45, 2.75) is 38.0 Å². The van der Waals surface area contributed by atoms with Gasteiger partial charge in [-0.05, 0) is 30.4 Å². The summed E-state index contributed by atoms with van der Waals surface area (Å²) in [6.07, 6.45) is 3.56. The monoisotopic (exact) mass is 295 g/mol. The fourth-order valence-corrected chi connectivity index (χ4v) is 2.95. The summed E-state index contributed by atoms with van der Waals surface area (Å²) >= 11 is 0. The zero-order valence-corrected chi connectivity index (χ0v) is 13.4. The van der Waals surface area contributed by atoms with Crippen LogP contribution in [0.1, 0.15) is 30.4 Å². The third-order valence-electron chi connectivity index (χ3n) is 4.62. The molecule has 0 unspecified atom stereocenters. The highest BCUT2D eigenvalue weighted by Crippen LogP contribution is 2.42. The molecule has 0 saturated heterocycles. The second kappa shape index (κ2) is 7.08. The highest BCUT2D eigenvalue weighted by Gasteiger charge is 2.42. The molecule has 0 radical (unpaired) electrons. The Morgan fingerprint density at radius 1 is 0.864 bits per heavy atom. The predicted molar refractivity (Wildman–Crippen MR) is 90.6 cm³/mol. The van der Waals surface area contributed by atoms with Gasteiger partial charge in [0.15, 0.2) is 0 Å². The van der Waals surface area contributed by atoms with Gasteiger partial charge in [-0.1, -0.05) is 60.7 Å². The molecule has 2 heteroatoms. The van der Waals surface area contributed by atoms with Gasteiger partial charge in [0.1, 0.15) is 0 Å². The van der Waals surface area contributed by atoms with E-state index in [2.05, 4.69) is 65.6 Å². The minimum atomic E-state index is 0.172. The van der Waals surface area contributed by atoms with E-state index in [0.717, 1.165) is 26.1 Å². The Morgan fingerprint density at radius 2 is 1.36 bits per heavy atom. The van der Waals surface area contributed by atoms with Crippen molar-refractivity contribution < 1.29 is 4.74 Å². The third kappa shape index (κ3) is 4.19. The maximum Gasteiger partial charge on any atom is 0.0693 e. The summed E-state index contributed by atoms with van der Waals surface area (Å²) in [5, 5.41) is 0. The first-order valence-electron chi connectivity index (χ1n) is 8.15. The van der Waals surface area contributed by atoms with Gasteiger partial charge in [0.25, 0.3) is 0 Å². The quantitative estimate of drug-likeness (QED) is 0.721. The van der Waals surface area contributed by atoms with Crippen molar-refractivity contribution in [1.82, 2.24) is 4.90 Å². The van der Waals surface area contributed by atoms with Crippen LogP contribution < -0.4 is 0 Å². The van der Waals surface area contributed by atoms with Crippen molar-refractivity contribution in [3.8, 4) is 0 Å². The minimum absolute atomic E-state index is 0.172. The number of benzene rings is 2. The average Bonchev–Trinajstić information content (AvgIpc) is 3.35. The second-order valence-electron chi connectivity index (χ2n) is 6.32. The van der Waals surface area contributed by atoms with Gasteiger partial charge in [-0.25, -0.2) is 0 Å². The molecule has 1 fully saturated rings. The van der Waals surface area contributed by atoms with E-state index in [1.54, 1.807) is 0 Å². The molecule has 2 nitrogen and oxygen atoms in total. The standard InChI is InChI=1S/C20H25NO/c1-22-20(12-13-20)14-15-21(16-18-8-4-2-5-9-18)17-19-10-6-3-7-11-19/h2-11H,12-17H2,1H3. The lowest BCUT2D eigenvalue weighted by atomic mass is 10.1. The van der Waals surface area contributed by atoms with Crippen LogP contribution in [0.4, 0.5) is 0 Å². The van der Waals surface area contributed by atoms with E-state index in [-0.39, 0.29) is 5.60 Å². The van der Waals surface area contributed by atoms with Gasteiger partial charge < -0.3 is 4.74 Å². The first kappa shape index (κ1) is 15.3. The van der Waals surface area contributed by atoms with E-state index < -0.39 is 0 Å². The lowest BCUT2D eigenvalue weighted by molar-refractivity contribution is 0.0597. The van der Waals surface area contributed by atoms with Crippen LogP contribution in [-0.2, 0) is 17.8 Å². The predicted octanol–water partition coefficient (Wildman–Crippen LogP) is 4.26. The van der Waals surface area contributed by atoms with Crippen LogP contribution in [0.5, 0.6) is 0 Å². The summed E-state index contributed by atoms with van der Waals surface area (Å²) in [5.41, 5.74) is 2.92. The Balaban J connectivity index is 1.64. The number of methoxy groups -OCH3 is 1. The SMILES string of the molecule is COC1(CCN(Cc2ccccc2)Cc2ccccc2)CC1. The Bertz CT molecular complexity index is 521. The van der Waals surface area contributed by atoms with Crippen LogP contribution in [0.25, 0.3) is 0 Å². The maximum atomic E-state index is 5.67. The van der Waals surface area contributed by atoms with Crippen LogP contribution in [0, 0.1) is 0 Å². The van der Waals surface area contributed by atoms with Crippen molar-refractivity contribution in [3.63, 3.8) is 0 Å². The number of hydrogen-bond acceptors (Lipinski definition) is 2. The lowest BCUT2D eigenvalue weighted by Crippen LogP contribution is -2.28. The molecule has 0 atom stereocenters. The van der Waals surface area contributed by atoms with E-state index in [4.69, 9.17) is 4.74 Å². The Morgan fingerprint density at radius 3 is 1.77 bits per heavy atom. The fraction of sp³-hybridized carbons (Fsp3) is 0.400. The van der Waals surface area contributed by atoms with Crippen LogP contribution in [-0.4, -0.2) is 24.2 Å². The van der Waals surface area contributed by atoms with Gasteiger partial charge in [0.2, 0.25) is 0 Å². The summed E-state index contributed by atoms with van der Waals surface area (Å²) < 4.78 is 5.67. The number of ether oxygens (including phenoxy) is 1. The van der Waals surface area contributed by atoms with Crippen LogP contribution in [0.15, 0.2) is 60.7 Å². The molecule has 0 N–H and O–H groups in total. The smallest absolute Gasteiger partial charge is 0.0693 e. The first-order valence-corrected chi connectivity index (χ1v) is 8.15. The van der Waals surface area contributed by atoms with Crippen molar-refractivity contribution in [1.29, 1.82) is 0 Å². The second-order valence-corrected chi connectivity index (χ2v) is 6.32. The highest BCUT2D eigenvalue weighted by atomic mass is 16.5. The van der Waals surface area contributed by atoms with Gasteiger partial charge in [-0.15, -0.1) is 0 Å². The van der Waals surface area contributed by atoms with Crippen LogP contribution in [0.3, 0.4) is 0 Å². The molecule has 0 spiro atoms. The first-order chi connectivity index (χ1) is 10.8. The molecule has 0 aliphatic heterocycles. The van der Waals surface area contributed by atoms with E-state index in [9.17, 15) is 0 Å². The molecule has 1 saturated carbocycles. The van der Waals surface area contributed by atoms with Gasteiger partial charge >= 0.3 is 0 Å². The molecule has 1 aliphatic rings. The van der Waals surface area contributed by atoms with Crippen LogP contribution >= 0.6 is 0 Å². The zero-order valence-electron chi connectivity index (χ0n) is 13.4. The minimum Gasteiger partial charge on any atom is -0.378 e. The largest absolute Gasteiger partial charge is 0.378 e. The van der Waals surface area contributed by atoms with E-state index in [1.165, 1.54) is 24.0 Å². The Hall–Kier alpha value is -1.64. The Labute approximate surface area is 133 Å². The summed E-state index contributed by atoms with van der Waals surface area (Å²) in [4.78, 5) is 2.53. The maximum absolute atomic E-state index is 5.67. The van der Waals surface area contributed by atoms with Crippen LogP contribution in [0.2, 0.25) is 0 Å². The van der Waals surface area contributed by atoms with Crippen molar-refractivity contribution >= 4 is 0 Å². The van der Waals surface area contributed by atoms with Gasteiger partial charge in [0.05, 0.1) is 5.60 Å². The lowest BCUT2D eigenvalue weighted by Gasteiger charge is -2.25. The molecular formula is C20H25NO. The zero-order chi connectivity index (χ0) is 15.3. The third-order valence-corrected chi connectivity index (χ3v) is 4.62. The number of nitrogens with zero attached hydrogens (tertiary/aromatic N) is 1. The summed E-state index contributed by atoms with van der Waals surface area (Å²) in [6.45, 7) is 3.07. The number of hydrogen-bond donors (Lipinski definition) is 0. The molecule has 3 rings (SSSR count). The van der Waals surface area contributed by atoms with Gasteiger partial charge in [-0.3, -0.25) is 4.90 Å². The average molecular weight is 295 g/mol. The normalized spacial score (nSPS) is 15.9. The van der Waals surface area contributed by atoms with E-state index in [1.807, 2.05) is 7.11 Å². The molecule has 0 amide bonds. The molecule has 0 bridgehead atoms. The van der Waals surface area contributed by atoms with E-state index >= 15 is 0 Å². The molecular weight excluding hydrogens is 270 g/mol.